The third-order valence-electron chi connectivity index (χ3n) is 2.23. The molecule has 0 aliphatic carbocycles. The van der Waals surface area contributed by atoms with Gasteiger partial charge in [-0.3, -0.25) is 4.79 Å². The highest BCUT2D eigenvalue weighted by Gasteiger charge is 2.09. The van der Waals surface area contributed by atoms with Crippen LogP contribution in [-0.4, -0.2) is 19.0 Å². The first-order valence-electron chi connectivity index (χ1n) is 5.35. The molecule has 3 nitrogen and oxygen atoms in total. The lowest BCUT2D eigenvalue weighted by Crippen LogP contribution is -2.26. The minimum absolute atomic E-state index is 0.0629. The third kappa shape index (κ3) is 3.51. The average molecular weight is 218 g/mol. The molecule has 0 aliphatic rings. The zero-order valence-electron chi connectivity index (χ0n) is 9.62. The molecule has 16 heavy (non-hydrogen) atoms. The lowest BCUT2D eigenvalue weighted by Gasteiger charge is -2.09. The van der Waals surface area contributed by atoms with Crippen LogP contribution in [0.25, 0.3) is 0 Å². The number of hydrogen-bond acceptors (Lipinski definition) is 2. The van der Waals surface area contributed by atoms with Gasteiger partial charge in [0.2, 0.25) is 0 Å². The minimum Gasteiger partial charge on any atom is -0.348 e. The van der Waals surface area contributed by atoms with Gasteiger partial charge in [0, 0.05) is 12.1 Å². The summed E-state index contributed by atoms with van der Waals surface area (Å²) in [5.41, 5.74) is 8.13. The molecule has 0 aromatic heterocycles. The smallest absolute Gasteiger partial charge is 0.251 e. The van der Waals surface area contributed by atoms with Crippen molar-refractivity contribution in [2.24, 2.45) is 5.73 Å². The van der Waals surface area contributed by atoms with E-state index in [1.165, 1.54) is 0 Å². The van der Waals surface area contributed by atoms with E-state index < -0.39 is 0 Å². The van der Waals surface area contributed by atoms with E-state index in [-0.39, 0.29) is 5.91 Å². The maximum absolute atomic E-state index is 11.9. The molecule has 0 aliphatic heterocycles. The molecule has 1 aromatic carbocycles. The van der Waals surface area contributed by atoms with Gasteiger partial charge in [0.15, 0.2) is 0 Å². The number of benzene rings is 1. The molecule has 0 fully saturated rings. The van der Waals surface area contributed by atoms with Crippen molar-refractivity contribution in [3.05, 3.63) is 47.5 Å². The number of hydrogen-bond donors (Lipinski definition) is 2. The van der Waals surface area contributed by atoms with Gasteiger partial charge in [-0.25, -0.2) is 0 Å². The standard InChI is InChI=1S/C13H18N2O/c1-10(2)9-15-13(16)12-6-4-3-5-11(12)7-8-14/h3-6H,1,7-9,14H2,2H3,(H,15,16). The van der Waals surface area contributed by atoms with E-state index in [0.717, 1.165) is 17.6 Å². The zero-order valence-corrected chi connectivity index (χ0v) is 9.62. The van der Waals surface area contributed by atoms with E-state index in [0.29, 0.717) is 18.7 Å². The van der Waals surface area contributed by atoms with Crippen molar-refractivity contribution in [3.8, 4) is 0 Å². The lowest BCUT2D eigenvalue weighted by atomic mass is 10.0. The van der Waals surface area contributed by atoms with Crippen LogP contribution in [0.3, 0.4) is 0 Å². The van der Waals surface area contributed by atoms with Crippen molar-refractivity contribution in [2.75, 3.05) is 13.1 Å². The summed E-state index contributed by atoms with van der Waals surface area (Å²) in [6.07, 6.45) is 0.719. The number of rotatable bonds is 5. The van der Waals surface area contributed by atoms with Gasteiger partial charge >= 0.3 is 0 Å². The van der Waals surface area contributed by atoms with Crippen molar-refractivity contribution in [1.82, 2.24) is 5.32 Å². The van der Waals surface area contributed by atoms with Crippen LogP contribution >= 0.6 is 0 Å². The van der Waals surface area contributed by atoms with Gasteiger partial charge in [-0.05, 0) is 31.5 Å². The largest absolute Gasteiger partial charge is 0.348 e. The van der Waals surface area contributed by atoms with Crippen LogP contribution < -0.4 is 11.1 Å². The Morgan fingerprint density at radius 2 is 2.12 bits per heavy atom. The van der Waals surface area contributed by atoms with E-state index in [1.54, 1.807) is 0 Å². The van der Waals surface area contributed by atoms with Gasteiger partial charge < -0.3 is 11.1 Å². The number of carbonyl (C=O) groups excluding carboxylic acids is 1. The maximum Gasteiger partial charge on any atom is 0.251 e. The van der Waals surface area contributed by atoms with Crippen LogP contribution in [0, 0.1) is 0 Å². The van der Waals surface area contributed by atoms with E-state index in [1.807, 2.05) is 31.2 Å². The van der Waals surface area contributed by atoms with Crippen LogP contribution in [-0.2, 0) is 6.42 Å². The van der Waals surface area contributed by atoms with Crippen LogP contribution in [0.15, 0.2) is 36.4 Å². The summed E-state index contributed by atoms with van der Waals surface area (Å²) in [6, 6.07) is 7.53. The van der Waals surface area contributed by atoms with Crippen molar-refractivity contribution >= 4 is 5.91 Å². The molecule has 0 atom stereocenters. The first kappa shape index (κ1) is 12.5. The molecule has 1 aromatic rings. The number of nitrogens with one attached hydrogen (secondary N) is 1. The highest BCUT2D eigenvalue weighted by atomic mass is 16.1. The fourth-order valence-corrected chi connectivity index (χ4v) is 1.44. The predicted octanol–water partition coefficient (Wildman–Crippen LogP) is 1.49. The van der Waals surface area contributed by atoms with Crippen molar-refractivity contribution in [2.45, 2.75) is 13.3 Å². The Labute approximate surface area is 96.3 Å². The Morgan fingerprint density at radius 3 is 2.75 bits per heavy atom. The molecule has 0 bridgehead atoms. The Bertz CT molecular complexity index is 385. The summed E-state index contributed by atoms with van der Waals surface area (Å²) in [7, 11) is 0. The molecule has 0 unspecified atom stereocenters. The number of nitrogens with two attached hydrogens (primary N) is 1. The summed E-state index contributed by atoms with van der Waals surface area (Å²) in [5.74, 6) is -0.0629. The molecule has 86 valence electrons. The number of amides is 1. The normalized spacial score (nSPS) is 9.88. The third-order valence-corrected chi connectivity index (χ3v) is 2.23. The zero-order chi connectivity index (χ0) is 12.0. The second-order valence-corrected chi connectivity index (χ2v) is 3.84. The van der Waals surface area contributed by atoms with E-state index >= 15 is 0 Å². The lowest BCUT2D eigenvalue weighted by molar-refractivity contribution is 0.0956. The Kier molecular flexibility index (Phi) is 4.73. The van der Waals surface area contributed by atoms with Gasteiger partial charge in [-0.1, -0.05) is 30.4 Å². The Morgan fingerprint density at radius 1 is 1.44 bits per heavy atom. The average Bonchev–Trinajstić information content (AvgIpc) is 2.27. The van der Waals surface area contributed by atoms with Crippen LogP contribution in [0.2, 0.25) is 0 Å². The van der Waals surface area contributed by atoms with Crippen LogP contribution in [0.5, 0.6) is 0 Å². The first-order valence-corrected chi connectivity index (χ1v) is 5.35. The van der Waals surface area contributed by atoms with E-state index in [9.17, 15) is 4.79 Å². The summed E-state index contributed by atoms with van der Waals surface area (Å²) >= 11 is 0. The molecule has 1 rings (SSSR count). The van der Waals surface area contributed by atoms with Crippen molar-refractivity contribution < 1.29 is 4.79 Å². The predicted molar refractivity (Wildman–Crippen MR) is 66.3 cm³/mol. The van der Waals surface area contributed by atoms with Crippen molar-refractivity contribution in [3.63, 3.8) is 0 Å². The second kappa shape index (κ2) is 6.08. The molecule has 3 heteroatoms. The van der Waals surface area contributed by atoms with E-state index in [2.05, 4.69) is 11.9 Å². The van der Waals surface area contributed by atoms with Gasteiger partial charge in [0.25, 0.3) is 5.91 Å². The molecule has 1 amide bonds. The summed E-state index contributed by atoms with van der Waals surface area (Å²) < 4.78 is 0. The minimum atomic E-state index is -0.0629. The molecular formula is C13H18N2O. The summed E-state index contributed by atoms with van der Waals surface area (Å²) in [5, 5.41) is 2.82. The molecule has 0 saturated heterocycles. The topological polar surface area (TPSA) is 55.1 Å². The second-order valence-electron chi connectivity index (χ2n) is 3.84. The Hall–Kier alpha value is -1.61. The molecule has 0 heterocycles. The fraction of sp³-hybridized carbons (Fsp3) is 0.308. The first-order chi connectivity index (χ1) is 7.65. The molecule has 0 saturated carbocycles. The van der Waals surface area contributed by atoms with Crippen molar-refractivity contribution in [1.29, 1.82) is 0 Å². The Balaban J connectivity index is 2.77. The SMILES string of the molecule is C=C(C)CNC(=O)c1ccccc1CCN. The van der Waals surface area contributed by atoms with E-state index in [4.69, 9.17) is 5.73 Å². The van der Waals surface area contributed by atoms with Gasteiger partial charge in [0.1, 0.15) is 0 Å². The monoisotopic (exact) mass is 218 g/mol. The summed E-state index contributed by atoms with van der Waals surface area (Å²) in [6.45, 7) is 6.68. The number of carbonyl (C=O) groups is 1. The quantitative estimate of drug-likeness (QED) is 0.736. The molecule has 3 N–H and O–H groups in total. The fourth-order valence-electron chi connectivity index (χ4n) is 1.44. The van der Waals surface area contributed by atoms with Crippen LogP contribution in [0.1, 0.15) is 22.8 Å². The maximum atomic E-state index is 11.9. The van der Waals surface area contributed by atoms with Crippen LogP contribution in [0.4, 0.5) is 0 Å². The van der Waals surface area contributed by atoms with Gasteiger partial charge in [0.05, 0.1) is 0 Å². The molecular weight excluding hydrogens is 200 g/mol. The van der Waals surface area contributed by atoms with Gasteiger partial charge in [-0.15, -0.1) is 0 Å². The molecule has 0 radical (unpaired) electrons. The highest BCUT2D eigenvalue weighted by molar-refractivity contribution is 5.95. The highest BCUT2D eigenvalue weighted by Crippen LogP contribution is 2.09. The molecule has 0 spiro atoms. The van der Waals surface area contributed by atoms with Gasteiger partial charge in [-0.2, -0.15) is 0 Å². The summed E-state index contributed by atoms with van der Waals surface area (Å²) in [4.78, 5) is 11.9.